The van der Waals surface area contributed by atoms with Gasteiger partial charge in [0.1, 0.15) is 15.5 Å². The summed E-state index contributed by atoms with van der Waals surface area (Å²) in [4.78, 5) is 0.644. The largest absolute Gasteiger partial charge is 0.191 e. The second kappa shape index (κ2) is 4.13. The number of hydrogen-bond donors (Lipinski definition) is 0. The van der Waals surface area contributed by atoms with Crippen LogP contribution in [-0.4, -0.2) is 4.37 Å². The molecule has 0 aliphatic rings. The maximum atomic E-state index is 8.95. The van der Waals surface area contributed by atoms with Crippen molar-refractivity contribution >= 4 is 27.5 Å². The molecule has 0 N–H and O–H groups in total. The molecular formula is C11H7BrN2S. The standard InChI is InChI=1S/C11H7BrN2S/c1-7-2-4-8(5-3-7)10-9(6-13)15-14-11(10)12/h2-5H,1H3. The minimum absolute atomic E-state index is 0.644. The van der Waals surface area contributed by atoms with Gasteiger partial charge >= 0.3 is 0 Å². The molecule has 0 bridgehead atoms. The van der Waals surface area contributed by atoms with Crippen molar-refractivity contribution in [3.05, 3.63) is 39.3 Å². The second-order valence-electron chi connectivity index (χ2n) is 3.16. The summed E-state index contributed by atoms with van der Waals surface area (Å²) in [5, 5.41) is 8.95. The molecule has 0 spiro atoms. The number of nitriles is 1. The predicted octanol–water partition coefficient (Wildman–Crippen LogP) is 3.75. The summed E-state index contributed by atoms with van der Waals surface area (Å²) < 4.78 is 4.87. The predicted molar refractivity (Wildman–Crippen MR) is 64.7 cm³/mol. The highest BCUT2D eigenvalue weighted by Gasteiger charge is 2.12. The number of aryl methyl sites for hydroxylation is 1. The van der Waals surface area contributed by atoms with Gasteiger partial charge in [-0.05, 0) is 39.9 Å². The van der Waals surface area contributed by atoms with Gasteiger partial charge in [0.2, 0.25) is 0 Å². The van der Waals surface area contributed by atoms with Gasteiger partial charge in [-0.2, -0.15) is 9.64 Å². The molecule has 74 valence electrons. The van der Waals surface area contributed by atoms with E-state index >= 15 is 0 Å². The molecule has 2 rings (SSSR count). The van der Waals surface area contributed by atoms with E-state index < -0.39 is 0 Å². The topological polar surface area (TPSA) is 36.7 Å². The Morgan fingerprint density at radius 1 is 1.33 bits per heavy atom. The Labute approximate surface area is 100 Å². The lowest BCUT2D eigenvalue weighted by molar-refractivity contribution is 1.44. The third-order valence-electron chi connectivity index (χ3n) is 2.09. The third-order valence-corrected chi connectivity index (χ3v) is 3.65. The summed E-state index contributed by atoms with van der Waals surface area (Å²) in [6, 6.07) is 10.2. The smallest absolute Gasteiger partial charge is 0.134 e. The molecule has 1 aromatic carbocycles. The van der Waals surface area contributed by atoms with Crippen LogP contribution in [0.2, 0.25) is 0 Å². The fraction of sp³-hybridized carbons (Fsp3) is 0.0909. The van der Waals surface area contributed by atoms with Crippen molar-refractivity contribution in [1.29, 1.82) is 5.26 Å². The Morgan fingerprint density at radius 3 is 2.60 bits per heavy atom. The minimum Gasteiger partial charge on any atom is -0.191 e. The molecule has 4 heteroatoms. The maximum absolute atomic E-state index is 8.95. The quantitative estimate of drug-likeness (QED) is 0.797. The number of rotatable bonds is 1. The van der Waals surface area contributed by atoms with Crippen LogP contribution in [-0.2, 0) is 0 Å². The Bertz CT molecular complexity index is 523. The zero-order valence-electron chi connectivity index (χ0n) is 7.99. The van der Waals surface area contributed by atoms with Crippen molar-refractivity contribution in [2.75, 3.05) is 0 Å². The van der Waals surface area contributed by atoms with E-state index in [2.05, 4.69) is 26.4 Å². The second-order valence-corrected chi connectivity index (χ2v) is 4.68. The summed E-state index contributed by atoms with van der Waals surface area (Å²) in [7, 11) is 0. The summed E-state index contributed by atoms with van der Waals surface area (Å²) in [6.45, 7) is 2.04. The van der Waals surface area contributed by atoms with Crippen LogP contribution in [0.3, 0.4) is 0 Å². The molecule has 0 saturated carbocycles. The summed E-state index contributed by atoms with van der Waals surface area (Å²) >= 11 is 4.58. The molecule has 0 amide bonds. The molecule has 1 heterocycles. The van der Waals surface area contributed by atoms with Crippen LogP contribution in [0.1, 0.15) is 10.4 Å². The van der Waals surface area contributed by atoms with Gasteiger partial charge in [-0.3, -0.25) is 0 Å². The number of hydrogen-bond acceptors (Lipinski definition) is 3. The monoisotopic (exact) mass is 278 g/mol. The Hall–Kier alpha value is -1.18. The fourth-order valence-corrected chi connectivity index (χ4v) is 2.70. The van der Waals surface area contributed by atoms with E-state index in [1.807, 2.05) is 31.2 Å². The highest BCUT2D eigenvalue weighted by atomic mass is 79.9. The van der Waals surface area contributed by atoms with Crippen LogP contribution in [0.5, 0.6) is 0 Å². The van der Waals surface area contributed by atoms with Gasteiger partial charge in [0.25, 0.3) is 0 Å². The third kappa shape index (κ3) is 1.94. The van der Waals surface area contributed by atoms with E-state index in [4.69, 9.17) is 5.26 Å². The average Bonchev–Trinajstić information content (AvgIpc) is 2.61. The van der Waals surface area contributed by atoms with E-state index in [0.717, 1.165) is 15.7 Å². The van der Waals surface area contributed by atoms with Crippen molar-refractivity contribution in [3.8, 4) is 17.2 Å². The van der Waals surface area contributed by atoms with Gasteiger partial charge in [-0.1, -0.05) is 29.8 Å². The van der Waals surface area contributed by atoms with Crippen molar-refractivity contribution in [1.82, 2.24) is 4.37 Å². The van der Waals surface area contributed by atoms with Crippen molar-refractivity contribution in [2.24, 2.45) is 0 Å². The molecular weight excluding hydrogens is 272 g/mol. The van der Waals surface area contributed by atoms with Gasteiger partial charge in [0.05, 0.1) is 0 Å². The Balaban J connectivity index is 2.59. The highest BCUT2D eigenvalue weighted by molar-refractivity contribution is 9.10. The highest BCUT2D eigenvalue weighted by Crippen LogP contribution is 2.33. The van der Waals surface area contributed by atoms with E-state index in [0.29, 0.717) is 4.88 Å². The molecule has 15 heavy (non-hydrogen) atoms. The van der Waals surface area contributed by atoms with Crippen molar-refractivity contribution in [3.63, 3.8) is 0 Å². The molecule has 0 fully saturated rings. The normalized spacial score (nSPS) is 9.93. The zero-order chi connectivity index (χ0) is 10.8. The van der Waals surface area contributed by atoms with Crippen molar-refractivity contribution < 1.29 is 0 Å². The average molecular weight is 279 g/mol. The van der Waals surface area contributed by atoms with E-state index in [1.165, 1.54) is 17.1 Å². The van der Waals surface area contributed by atoms with E-state index in [1.54, 1.807) is 0 Å². The first-order chi connectivity index (χ1) is 7.22. The summed E-state index contributed by atoms with van der Waals surface area (Å²) in [5.74, 6) is 0. The molecule has 1 aromatic heterocycles. The molecule has 0 aliphatic carbocycles. The van der Waals surface area contributed by atoms with Gasteiger partial charge in [-0.25, -0.2) is 0 Å². The number of aromatic nitrogens is 1. The summed E-state index contributed by atoms with van der Waals surface area (Å²) in [5.41, 5.74) is 3.12. The van der Waals surface area contributed by atoms with Gasteiger partial charge in [0.15, 0.2) is 0 Å². The lowest BCUT2D eigenvalue weighted by Gasteiger charge is -1.99. The summed E-state index contributed by atoms with van der Waals surface area (Å²) in [6.07, 6.45) is 0. The molecule has 0 saturated heterocycles. The van der Waals surface area contributed by atoms with Gasteiger partial charge in [-0.15, -0.1) is 0 Å². The van der Waals surface area contributed by atoms with Crippen molar-refractivity contribution in [2.45, 2.75) is 6.92 Å². The van der Waals surface area contributed by atoms with Crippen LogP contribution in [0.15, 0.2) is 28.9 Å². The lowest BCUT2D eigenvalue weighted by Crippen LogP contribution is -1.80. The minimum atomic E-state index is 0.644. The first-order valence-corrected chi connectivity index (χ1v) is 5.91. The molecule has 0 unspecified atom stereocenters. The Morgan fingerprint density at radius 2 is 2.00 bits per heavy atom. The van der Waals surface area contributed by atoms with Crippen LogP contribution in [0.25, 0.3) is 11.1 Å². The Kier molecular flexibility index (Phi) is 2.85. The van der Waals surface area contributed by atoms with Crippen LogP contribution < -0.4 is 0 Å². The first-order valence-electron chi connectivity index (χ1n) is 4.34. The van der Waals surface area contributed by atoms with Gasteiger partial charge in [0, 0.05) is 5.56 Å². The van der Waals surface area contributed by atoms with E-state index in [-0.39, 0.29) is 0 Å². The fourth-order valence-electron chi connectivity index (χ4n) is 1.32. The molecule has 0 atom stereocenters. The lowest BCUT2D eigenvalue weighted by atomic mass is 10.1. The SMILES string of the molecule is Cc1ccc(-c2c(Br)nsc2C#N)cc1. The molecule has 0 aliphatic heterocycles. The van der Waals surface area contributed by atoms with E-state index in [9.17, 15) is 0 Å². The number of nitrogens with zero attached hydrogens (tertiary/aromatic N) is 2. The molecule has 2 aromatic rings. The van der Waals surface area contributed by atoms with Crippen LogP contribution >= 0.6 is 27.5 Å². The zero-order valence-corrected chi connectivity index (χ0v) is 10.4. The van der Waals surface area contributed by atoms with Gasteiger partial charge < -0.3 is 0 Å². The molecule has 2 nitrogen and oxygen atoms in total. The maximum Gasteiger partial charge on any atom is 0.134 e. The number of halogens is 1. The van der Waals surface area contributed by atoms with Crippen LogP contribution in [0, 0.1) is 18.3 Å². The first kappa shape index (κ1) is 10.3. The molecule has 0 radical (unpaired) electrons. The van der Waals surface area contributed by atoms with Crippen LogP contribution in [0.4, 0.5) is 0 Å². The number of benzene rings is 1.